The van der Waals surface area contributed by atoms with E-state index in [4.69, 9.17) is 5.11 Å². The zero-order valence-electron chi connectivity index (χ0n) is 11.7. The first-order chi connectivity index (χ1) is 10.1. The standard InChI is InChI=1S/C15H16N2O3S/c1-2-17(8-6-13-16-7-9-21-13)14(18)11-4-3-5-12(10-11)15(19)20/h3-5,7,9-10H,2,6,8H2,1H3,(H,19,20). The summed E-state index contributed by atoms with van der Waals surface area (Å²) in [5.41, 5.74) is 0.521. The van der Waals surface area contributed by atoms with E-state index in [0.29, 0.717) is 25.1 Å². The molecule has 21 heavy (non-hydrogen) atoms. The molecule has 0 unspecified atom stereocenters. The van der Waals surface area contributed by atoms with Crippen molar-refractivity contribution in [1.29, 1.82) is 0 Å². The van der Waals surface area contributed by atoms with Crippen molar-refractivity contribution < 1.29 is 14.7 Å². The topological polar surface area (TPSA) is 70.5 Å². The second kappa shape index (κ2) is 6.99. The van der Waals surface area contributed by atoms with Crippen LogP contribution in [-0.2, 0) is 6.42 Å². The Morgan fingerprint density at radius 3 is 2.71 bits per heavy atom. The molecule has 0 aliphatic heterocycles. The van der Waals surface area contributed by atoms with Crippen molar-refractivity contribution in [1.82, 2.24) is 9.88 Å². The van der Waals surface area contributed by atoms with Gasteiger partial charge in [0, 0.05) is 36.7 Å². The predicted molar refractivity (Wildman–Crippen MR) is 80.8 cm³/mol. The monoisotopic (exact) mass is 304 g/mol. The molecule has 0 saturated heterocycles. The third-order valence-electron chi connectivity index (χ3n) is 3.10. The number of likely N-dealkylation sites (N-methyl/N-ethyl adjacent to an activating group) is 1. The van der Waals surface area contributed by atoms with Crippen molar-refractivity contribution >= 4 is 23.2 Å². The van der Waals surface area contributed by atoms with Crippen LogP contribution in [0, 0.1) is 0 Å². The molecule has 0 spiro atoms. The van der Waals surface area contributed by atoms with Gasteiger partial charge in [-0.05, 0) is 25.1 Å². The van der Waals surface area contributed by atoms with Crippen molar-refractivity contribution in [3.8, 4) is 0 Å². The average molecular weight is 304 g/mol. The molecule has 6 heteroatoms. The van der Waals surface area contributed by atoms with E-state index >= 15 is 0 Å². The molecule has 0 atom stereocenters. The third-order valence-corrected chi connectivity index (χ3v) is 3.94. The highest BCUT2D eigenvalue weighted by Gasteiger charge is 2.16. The Morgan fingerprint density at radius 1 is 1.33 bits per heavy atom. The molecule has 0 aliphatic carbocycles. The fourth-order valence-electron chi connectivity index (χ4n) is 1.98. The Hall–Kier alpha value is -2.21. The van der Waals surface area contributed by atoms with Gasteiger partial charge in [-0.2, -0.15) is 0 Å². The lowest BCUT2D eigenvalue weighted by molar-refractivity contribution is 0.0697. The summed E-state index contributed by atoms with van der Waals surface area (Å²) in [6.07, 6.45) is 2.45. The molecule has 1 N–H and O–H groups in total. The Labute approximate surface area is 126 Å². The smallest absolute Gasteiger partial charge is 0.335 e. The Kier molecular flexibility index (Phi) is 5.05. The number of hydrogen-bond donors (Lipinski definition) is 1. The first-order valence-electron chi connectivity index (χ1n) is 6.62. The van der Waals surface area contributed by atoms with E-state index in [1.807, 2.05) is 12.3 Å². The quantitative estimate of drug-likeness (QED) is 0.890. The highest BCUT2D eigenvalue weighted by atomic mass is 32.1. The third kappa shape index (κ3) is 3.88. The van der Waals surface area contributed by atoms with Crippen LogP contribution in [0.1, 0.15) is 32.6 Å². The first kappa shape index (κ1) is 15.2. The van der Waals surface area contributed by atoms with Crippen LogP contribution in [0.5, 0.6) is 0 Å². The minimum Gasteiger partial charge on any atom is -0.478 e. The van der Waals surface area contributed by atoms with Crippen molar-refractivity contribution in [3.05, 3.63) is 52.0 Å². The summed E-state index contributed by atoms with van der Waals surface area (Å²) in [4.78, 5) is 29.3. The highest BCUT2D eigenvalue weighted by molar-refractivity contribution is 7.09. The SMILES string of the molecule is CCN(CCc1nccs1)C(=O)c1cccc(C(=O)O)c1. The van der Waals surface area contributed by atoms with E-state index in [1.165, 1.54) is 12.1 Å². The van der Waals surface area contributed by atoms with Gasteiger partial charge in [-0.25, -0.2) is 9.78 Å². The predicted octanol–water partition coefficient (Wildman–Crippen LogP) is 2.55. The molecular formula is C15H16N2O3S. The number of benzene rings is 1. The van der Waals surface area contributed by atoms with Gasteiger partial charge in [0.05, 0.1) is 10.6 Å². The fraction of sp³-hybridized carbons (Fsp3) is 0.267. The van der Waals surface area contributed by atoms with E-state index in [0.717, 1.165) is 5.01 Å². The molecule has 1 aromatic heterocycles. The van der Waals surface area contributed by atoms with Crippen LogP contribution in [-0.4, -0.2) is 40.0 Å². The van der Waals surface area contributed by atoms with Gasteiger partial charge in [-0.3, -0.25) is 4.79 Å². The molecule has 5 nitrogen and oxygen atoms in total. The fourth-order valence-corrected chi connectivity index (χ4v) is 2.59. The number of carboxylic acids is 1. The Bertz CT molecular complexity index is 626. The number of amides is 1. The van der Waals surface area contributed by atoms with E-state index in [1.54, 1.807) is 34.6 Å². The molecule has 1 aromatic carbocycles. The van der Waals surface area contributed by atoms with Gasteiger partial charge in [0.2, 0.25) is 0 Å². The number of carboxylic acid groups (broad SMARTS) is 1. The lowest BCUT2D eigenvalue weighted by Crippen LogP contribution is -2.32. The van der Waals surface area contributed by atoms with Crippen molar-refractivity contribution in [2.24, 2.45) is 0 Å². The number of aromatic nitrogens is 1. The summed E-state index contributed by atoms with van der Waals surface area (Å²) in [6.45, 7) is 3.04. The summed E-state index contributed by atoms with van der Waals surface area (Å²) in [5.74, 6) is -1.19. The van der Waals surface area contributed by atoms with Crippen LogP contribution < -0.4 is 0 Å². The van der Waals surface area contributed by atoms with E-state index in [2.05, 4.69) is 4.98 Å². The molecule has 0 aliphatic rings. The van der Waals surface area contributed by atoms with Gasteiger partial charge >= 0.3 is 5.97 Å². The van der Waals surface area contributed by atoms with Crippen LogP contribution in [0.15, 0.2) is 35.8 Å². The second-order valence-corrected chi connectivity index (χ2v) is 5.43. The van der Waals surface area contributed by atoms with Crippen LogP contribution in [0.4, 0.5) is 0 Å². The molecule has 0 radical (unpaired) electrons. The number of carbonyl (C=O) groups excluding carboxylic acids is 1. The maximum absolute atomic E-state index is 12.4. The maximum Gasteiger partial charge on any atom is 0.335 e. The van der Waals surface area contributed by atoms with Gasteiger partial charge in [0.1, 0.15) is 0 Å². The number of aromatic carboxylic acids is 1. The van der Waals surface area contributed by atoms with Gasteiger partial charge in [0.25, 0.3) is 5.91 Å². The molecule has 0 bridgehead atoms. The number of thiazole rings is 1. The zero-order valence-corrected chi connectivity index (χ0v) is 12.5. The lowest BCUT2D eigenvalue weighted by Gasteiger charge is -2.20. The molecule has 1 heterocycles. The van der Waals surface area contributed by atoms with Gasteiger partial charge in [0.15, 0.2) is 0 Å². The average Bonchev–Trinajstić information content (AvgIpc) is 3.01. The summed E-state index contributed by atoms with van der Waals surface area (Å²) >= 11 is 1.56. The van der Waals surface area contributed by atoms with Crippen LogP contribution in [0.2, 0.25) is 0 Å². The first-order valence-corrected chi connectivity index (χ1v) is 7.50. The van der Waals surface area contributed by atoms with Gasteiger partial charge in [-0.1, -0.05) is 6.07 Å². The van der Waals surface area contributed by atoms with Gasteiger partial charge in [-0.15, -0.1) is 11.3 Å². The van der Waals surface area contributed by atoms with E-state index in [-0.39, 0.29) is 11.5 Å². The van der Waals surface area contributed by atoms with Gasteiger partial charge < -0.3 is 10.0 Å². The second-order valence-electron chi connectivity index (χ2n) is 4.45. The van der Waals surface area contributed by atoms with E-state index in [9.17, 15) is 9.59 Å². The summed E-state index contributed by atoms with van der Waals surface area (Å²) in [6, 6.07) is 6.12. The van der Waals surface area contributed by atoms with Crippen molar-refractivity contribution in [2.45, 2.75) is 13.3 Å². The largest absolute Gasteiger partial charge is 0.478 e. The maximum atomic E-state index is 12.4. The summed E-state index contributed by atoms with van der Waals surface area (Å²) < 4.78 is 0. The van der Waals surface area contributed by atoms with E-state index < -0.39 is 5.97 Å². The molecule has 1 amide bonds. The molecular weight excluding hydrogens is 288 g/mol. The summed E-state index contributed by atoms with van der Waals surface area (Å²) in [5, 5.41) is 11.9. The molecule has 0 saturated carbocycles. The Morgan fingerprint density at radius 2 is 2.10 bits per heavy atom. The number of carbonyl (C=O) groups is 2. The molecule has 2 rings (SSSR count). The number of rotatable bonds is 6. The van der Waals surface area contributed by atoms with Crippen LogP contribution in [0.3, 0.4) is 0 Å². The normalized spacial score (nSPS) is 10.3. The minimum atomic E-state index is -1.03. The number of nitrogens with zero attached hydrogens (tertiary/aromatic N) is 2. The van der Waals surface area contributed by atoms with Crippen LogP contribution >= 0.6 is 11.3 Å². The van der Waals surface area contributed by atoms with Crippen LogP contribution in [0.25, 0.3) is 0 Å². The zero-order chi connectivity index (χ0) is 15.2. The minimum absolute atomic E-state index is 0.122. The molecule has 110 valence electrons. The lowest BCUT2D eigenvalue weighted by atomic mass is 10.1. The van der Waals surface area contributed by atoms with Crippen molar-refractivity contribution in [3.63, 3.8) is 0 Å². The summed E-state index contributed by atoms with van der Waals surface area (Å²) in [7, 11) is 0. The van der Waals surface area contributed by atoms with Crippen molar-refractivity contribution in [2.75, 3.05) is 13.1 Å². The highest BCUT2D eigenvalue weighted by Crippen LogP contribution is 2.11. The molecule has 0 fully saturated rings. The number of hydrogen-bond acceptors (Lipinski definition) is 4. The molecule has 2 aromatic rings. The Balaban J connectivity index is 2.08.